The molecule has 0 amide bonds. The summed E-state index contributed by atoms with van der Waals surface area (Å²) < 4.78 is 11.2. The molecule has 3 nitrogen and oxygen atoms in total. The summed E-state index contributed by atoms with van der Waals surface area (Å²) in [6.45, 7) is 6.71. The van der Waals surface area contributed by atoms with Crippen LogP contribution in [0.5, 0.6) is 5.75 Å². The van der Waals surface area contributed by atoms with Crippen LogP contribution >= 0.6 is 0 Å². The van der Waals surface area contributed by atoms with Gasteiger partial charge in [-0.3, -0.25) is 0 Å². The molecule has 0 spiro atoms. The zero-order chi connectivity index (χ0) is 12.9. The van der Waals surface area contributed by atoms with Gasteiger partial charge in [-0.2, -0.15) is 0 Å². The highest BCUT2D eigenvalue weighted by Gasteiger charge is 2.32. The van der Waals surface area contributed by atoms with E-state index in [1.807, 2.05) is 38.1 Å². The fourth-order valence-corrected chi connectivity index (χ4v) is 1.84. The van der Waals surface area contributed by atoms with Crippen molar-refractivity contribution in [2.45, 2.75) is 38.8 Å². The number of hydrogen-bond acceptors (Lipinski definition) is 3. The maximum atomic E-state index is 6.32. The van der Waals surface area contributed by atoms with E-state index in [0.717, 1.165) is 17.7 Å². The monoisotopic (exact) mass is 237 g/mol. The van der Waals surface area contributed by atoms with Crippen LogP contribution in [0.1, 0.15) is 38.8 Å². The summed E-state index contributed by atoms with van der Waals surface area (Å²) in [5.41, 5.74) is 6.95. The third-order valence-electron chi connectivity index (χ3n) is 3.38. The molecule has 2 N–H and O–H groups in total. The standard InChI is InChI=1S/C14H23NO2/c1-5-14(3,16-4)13(15)11-9-7-8-10-12(11)17-6-2/h7-10,13H,5-6,15H2,1-4H3. The average molecular weight is 237 g/mol. The Morgan fingerprint density at radius 3 is 2.47 bits per heavy atom. The van der Waals surface area contributed by atoms with Gasteiger partial charge in [0, 0.05) is 12.7 Å². The van der Waals surface area contributed by atoms with E-state index in [-0.39, 0.29) is 11.6 Å². The molecule has 96 valence electrons. The zero-order valence-corrected chi connectivity index (χ0v) is 11.2. The van der Waals surface area contributed by atoms with Crippen molar-refractivity contribution < 1.29 is 9.47 Å². The van der Waals surface area contributed by atoms with Crippen LogP contribution in [0.15, 0.2) is 24.3 Å². The minimum atomic E-state index is -0.368. The minimum absolute atomic E-state index is 0.194. The summed E-state index contributed by atoms with van der Waals surface area (Å²) in [5.74, 6) is 0.847. The molecular weight excluding hydrogens is 214 g/mol. The predicted molar refractivity (Wildman–Crippen MR) is 70.2 cm³/mol. The topological polar surface area (TPSA) is 44.5 Å². The van der Waals surface area contributed by atoms with Crippen molar-refractivity contribution in [3.8, 4) is 5.75 Å². The van der Waals surface area contributed by atoms with Crippen LogP contribution < -0.4 is 10.5 Å². The summed E-state index contributed by atoms with van der Waals surface area (Å²) in [5, 5.41) is 0. The Labute approximate surface area is 104 Å². The summed E-state index contributed by atoms with van der Waals surface area (Å²) in [6.07, 6.45) is 0.852. The second kappa shape index (κ2) is 6.03. The van der Waals surface area contributed by atoms with Crippen molar-refractivity contribution in [1.29, 1.82) is 0 Å². The number of nitrogens with two attached hydrogens (primary N) is 1. The molecule has 0 heterocycles. The quantitative estimate of drug-likeness (QED) is 0.827. The molecule has 17 heavy (non-hydrogen) atoms. The molecule has 0 aliphatic rings. The number of hydrogen-bond donors (Lipinski definition) is 1. The minimum Gasteiger partial charge on any atom is -0.494 e. The number of ether oxygens (including phenoxy) is 2. The summed E-state index contributed by atoms with van der Waals surface area (Å²) in [4.78, 5) is 0. The molecule has 1 aromatic rings. The van der Waals surface area contributed by atoms with Gasteiger partial charge in [0.25, 0.3) is 0 Å². The molecule has 3 heteroatoms. The maximum Gasteiger partial charge on any atom is 0.124 e. The Balaban J connectivity index is 3.06. The molecule has 1 aromatic carbocycles. The highest BCUT2D eigenvalue weighted by Crippen LogP contribution is 2.34. The lowest BCUT2D eigenvalue weighted by Gasteiger charge is -2.34. The first-order chi connectivity index (χ1) is 8.09. The molecule has 0 aliphatic heterocycles. The van der Waals surface area contributed by atoms with Gasteiger partial charge >= 0.3 is 0 Å². The number of rotatable bonds is 6. The number of methoxy groups -OCH3 is 1. The third kappa shape index (κ3) is 2.99. The summed E-state index contributed by atoms with van der Waals surface area (Å²) in [6, 6.07) is 7.69. The molecule has 0 aliphatic carbocycles. The van der Waals surface area contributed by atoms with Crippen LogP contribution in [0.2, 0.25) is 0 Å². The van der Waals surface area contributed by atoms with Crippen molar-refractivity contribution in [2.24, 2.45) is 5.73 Å². The van der Waals surface area contributed by atoms with Crippen LogP contribution in [-0.2, 0) is 4.74 Å². The molecule has 0 saturated heterocycles. The predicted octanol–water partition coefficient (Wildman–Crippen LogP) is 2.90. The van der Waals surface area contributed by atoms with E-state index >= 15 is 0 Å². The fraction of sp³-hybridized carbons (Fsp3) is 0.571. The highest BCUT2D eigenvalue weighted by molar-refractivity contribution is 5.37. The summed E-state index contributed by atoms with van der Waals surface area (Å²) in [7, 11) is 1.70. The Kier molecular flexibility index (Phi) is 4.97. The average Bonchev–Trinajstić information content (AvgIpc) is 2.38. The smallest absolute Gasteiger partial charge is 0.124 e. The molecule has 2 atom stereocenters. The second-order valence-corrected chi connectivity index (χ2v) is 4.32. The molecule has 0 saturated carbocycles. The lowest BCUT2D eigenvalue weighted by Crippen LogP contribution is -2.39. The van der Waals surface area contributed by atoms with Gasteiger partial charge in [-0.15, -0.1) is 0 Å². The number of para-hydroxylation sites is 1. The highest BCUT2D eigenvalue weighted by atomic mass is 16.5. The van der Waals surface area contributed by atoms with Crippen molar-refractivity contribution in [3.05, 3.63) is 29.8 Å². The van der Waals surface area contributed by atoms with Gasteiger partial charge < -0.3 is 15.2 Å². The van der Waals surface area contributed by atoms with E-state index in [1.54, 1.807) is 7.11 Å². The van der Waals surface area contributed by atoms with E-state index in [9.17, 15) is 0 Å². The van der Waals surface area contributed by atoms with Crippen LogP contribution in [0.3, 0.4) is 0 Å². The van der Waals surface area contributed by atoms with Gasteiger partial charge in [0.2, 0.25) is 0 Å². The van der Waals surface area contributed by atoms with Gasteiger partial charge in [0.05, 0.1) is 18.2 Å². The maximum absolute atomic E-state index is 6.32. The van der Waals surface area contributed by atoms with Gasteiger partial charge in [-0.1, -0.05) is 25.1 Å². The molecule has 2 unspecified atom stereocenters. The first-order valence-corrected chi connectivity index (χ1v) is 6.11. The van der Waals surface area contributed by atoms with E-state index in [0.29, 0.717) is 6.61 Å². The SMILES string of the molecule is CCOc1ccccc1C(N)C(C)(CC)OC. The van der Waals surface area contributed by atoms with Gasteiger partial charge in [-0.25, -0.2) is 0 Å². The fourth-order valence-electron chi connectivity index (χ4n) is 1.84. The Morgan fingerprint density at radius 1 is 1.29 bits per heavy atom. The second-order valence-electron chi connectivity index (χ2n) is 4.32. The van der Waals surface area contributed by atoms with E-state index in [1.165, 1.54) is 0 Å². The molecular formula is C14H23NO2. The van der Waals surface area contributed by atoms with E-state index in [2.05, 4.69) is 6.92 Å². The van der Waals surface area contributed by atoms with Crippen molar-refractivity contribution >= 4 is 0 Å². The van der Waals surface area contributed by atoms with Crippen molar-refractivity contribution in [1.82, 2.24) is 0 Å². The molecule has 0 bridgehead atoms. The largest absolute Gasteiger partial charge is 0.494 e. The summed E-state index contributed by atoms with van der Waals surface area (Å²) >= 11 is 0. The van der Waals surface area contributed by atoms with Crippen LogP contribution in [0, 0.1) is 0 Å². The molecule has 0 aromatic heterocycles. The van der Waals surface area contributed by atoms with E-state index in [4.69, 9.17) is 15.2 Å². The van der Waals surface area contributed by atoms with Gasteiger partial charge in [0.1, 0.15) is 5.75 Å². The van der Waals surface area contributed by atoms with Gasteiger partial charge in [0.15, 0.2) is 0 Å². The number of benzene rings is 1. The zero-order valence-electron chi connectivity index (χ0n) is 11.2. The van der Waals surface area contributed by atoms with Crippen molar-refractivity contribution in [3.63, 3.8) is 0 Å². The Morgan fingerprint density at radius 2 is 1.94 bits per heavy atom. The molecule has 0 radical (unpaired) electrons. The van der Waals surface area contributed by atoms with Crippen molar-refractivity contribution in [2.75, 3.05) is 13.7 Å². The van der Waals surface area contributed by atoms with Gasteiger partial charge in [-0.05, 0) is 26.3 Å². The molecule has 1 rings (SSSR count). The van der Waals surface area contributed by atoms with Crippen LogP contribution in [-0.4, -0.2) is 19.3 Å². The first kappa shape index (κ1) is 14.0. The lowest BCUT2D eigenvalue weighted by molar-refractivity contribution is -0.0200. The lowest BCUT2D eigenvalue weighted by atomic mass is 9.88. The first-order valence-electron chi connectivity index (χ1n) is 6.11. The normalized spacial score (nSPS) is 16.3. The van der Waals surface area contributed by atoms with Crippen LogP contribution in [0.25, 0.3) is 0 Å². The molecule has 0 fully saturated rings. The van der Waals surface area contributed by atoms with E-state index < -0.39 is 0 Å². The Hall–Kier alpha value is -1.06. The third-order valence-corrected chi connectivity index (χ3v) is 3.38. The Bertz CT molecular complexity index is 348. The van der Waals surface area contributed by atoms with Crippen LogP contribution in [0.4, 0.5) is 0 Å².